The zero-order chi connectivity index (χ0) is 6.91. The molecule has 0 aliphatic carbocycles. The van der Waals surface area contributed by atoms with Crippen molar-refractivity contribution >= 4 is 12.6 Å². The summed E-state index contributed by atoms with van der Waals surface area (Å²) in [6.45, 7) is 3.72. The van der Waals surface area contributed by atoms with Gasteiger partial charge in [0.15, 0.2) is 0 Å². The lowest BCUT2D eigenvalue weighted by atomic mass is 10.4. The Bertz CT molecular complexity index is 140. The van der Waals surface area contributed by atoms with E-state index in [-0.39, 0.29) is 0 Å². The highest BCUT2D eigenvalue weighted by Gasteiger charge is 2.26. The maximum absolute atomic E-state index is 5.26. The molecule has 1 aliphatic heterocycles. The number of thiol groups is 1. The van der Waals surface area contributed by atoms with E-state index in [9.17, 15) is 0 Å². The molecule has 1 rings (SSSR count). The Morgan fingerprint density at radius 3 is 2.56 bits per heavy atom. The van der Waals surface area contributed by atoms with E-state index in [0.717, 1.165) is 5.76 Å². The molecule has 9 heavy (non-hydrogen) atoms. The molecule has 0 bridgehead atoms. The van der Waals surface area contributed by atoms with E-state index in [2.05, 4.69) is 12.6 Å². The standard InChI is InChI=1S/C6H10O2S/c1-6(2)7-3-5(4-9)8-6/h3,9H,4H2,1-2H3. The van der Waals surface area contributed by atoms with Gasteiger partial charge in [-0.2, -0.15) is 12.6 Å². The first-order chi connectivity index (χ1) is 4.14. The summed E-state index contributed by atoms with van der Waals surface area (Å²) in [5.41, 5.74) is 0. The lowest BCUT2D eigenvalue weighted by Gasteiger charge is -2.17. The van der Waals surface area contributed by atoms with Gasteiger partial charge in [-0.15, -0.1) is 0 Å². The molecular weight excluding hydrogens is 136 g/mol. The number of ether oxygens (including phenoxy) is 2. The van der Waals surface area contributed by atoms with Gasteiger partial charge >= 0.3 is 0 Å². The van der Waals surface area contributed by atoms with Gasteiger partial charge in [0.1, 0.15) is 12.0 Å². The smallest absolute Gasteiger partial charge is 0.244 e. The highest BCUT2D eigenvalue weighted by Crippen LogP contribution is 2.24. The normalized spacial score (nSPS) is 22.3. The fourth-order valence-electron chi connectivity index (χ4n) is 0.641. The predicted molar refractivity (Wildman–Crippen MR) is 38.2 cm³/mol. The fraction of sp³-hybridized carbons (Fsp3) is 0.667. The van der Waals surface area contributed by atoms with Gasteiger partial charge in [0.05, 0.1) is 5.75 Å². The minimum Gasteiger partial charge on any atom is -0.457 e. The molecule has 0 amide bonds. The molecule has 0 spiro atoms. The summed E-state index contributed by atoms with van der Waals surface area (Å²) in [6, 6.07) is 0. The first-order valence-corrected chi connectivity index (χ1v) is 3.44. The Balaban J connectivity index is 2.50. The summed E-state index contributed by atoms with van der Waals surface area (Å²) in [5.74, 6) is 0.921. The molecular formula is C6H10O2S. The first-order valence-electron chi connectivity index (χ1n) is 2.81. The van der Waals surface area contributed by atoms with Crippen molar-refractivity contribution in [3.8, 4) is 0 Å². The second kappa shape index (κ2) is 2.14. The molecule has 0 N–H and O–H groups in total. The van der Waals surface area contributed by atoms with Gasteiger partial charge in [0.2, 0.25) is 5.79 Å². The molecule has 0 saturated heterocycles. The van der Waals surface area contributed by atoms with Crippen molar-refractivity contribution < 1.29 is 9.47 Å². The van der Waals surface area contributed by atoms with Gasteiger partial charge < -0.3 is 9.47 Å². The zero-order valence-electron chi connectivity index (χ0n) is 5.55. The van der Waals surface area contributed by atoms with Crippen LogP contribution in [0.15, 0.2) is 12.0 Å². The SMILES string of the molecule is CC1(C)OC=C(CS)O1. The summed E-state index contributed by atoms with van der Waals surface area (Å²) in [4.78, 5) is 0. The molecule has 0 aromatic rings. The molecule has 52 valence electrons. The Morgan fingerprint density at radius 1 is 1.67 bits per heavy atom. The van der Waals surface area contributed by atoms with Crippen molar-refractivity contribution in [2.24, 2.45) is 0 Å². The average Bonchev–Trinajstić information content (AvgIpc) is 2.10. The molecule has 1 aliphatic rings. The Hall–Kier alpha value is -0.310. The van der Waals surface area contributed by atoms with E-state index < -0.39 is 5.79 Å². The van der Waals surface area contributed by atoms with E-state index in [1.807, 2.05) is 13.8 Å². The van der Waals surface area contributed by atoms with Crippen LogP contribution in [0.1, 0.15) is 13.8 Å². The molecule has 3 heteroatoms. The largest absolute Gasteiger partial charge is 0.457 e. The number of rotatable bonds is 1. The molecule has 0 aromatic carbocycles. The zero-order valence-corrected chi connectivity index (χ0v) is 6.44. The van der Waals surface area contributed by atoms with Crippen LogP contribution in [0.2, 0.25) is 0 Å². The maximum Gasteiger partial charge on any atom is 0.244 e. The van der Waals surface area contributed by atoms with Gasteiger partial charge in [-0.3, -0.25) is 0 Å². The lowest BCUT2D eigenvalue weighted by molar-refractivity contribution is -0.115. The number of hydrogen-bond acceptors (Lipinski definition) is 3. The van der Waals surface area contributed by atoms with Crippen molar-refractivity contribution in [3.05, 3.63) is 12.0 Å². The summed E-state index contributed by atoms with van der Waals surface area (Å²) in [5, 5.41) is 0. The molecule has 2 nitrogen and oxygen atoms in total. The van der Waals surface area contributed by atoms with Crippen LogP contribution >= 0.6 is 12.6 Å². The number of hydrogen-bond donors (Lipinski definition) is 1. The predicted octanol–water partition coefficient (Wildman–Crippen LogP) is 1.54. The van der Waals surface area contributed by atoms with Crippen molar-refractivity contribution in [1.82, 2.24) is 0 Å². The highest BCUT2D eigenvalue weighted by atomic mass is 32.1. The molecule has 0 saturated carbocycles. The quantitative estimate of drug-likeness (QED) is 0.566. The molecule has 0 unspecified atom stereocenters. The highest BCUT2D eigenvalue weighted by molar-refractivity contribution is 7.80. The summed E-state index contributed by atoms with van der Waals surface area (Å²) in [7, 11) is 0. The van der Waals surface area contributed by atoms with E-state index in [1.165, 1.54) is 0 Å². The van der Waals surface area contributed by atoms with Crippen LogP contribution in [0.4, 0.5) is 0 Å². The van der Waals surface area contributed by atoms with Crippen molar-refractivity contribution in [3.63, 3.8) is 0 Å². The summed E-state index contributed by atoms with van der Waals surface area (Å²) >= 11 is 4.02. The third-order valence-electron chi connectivity index (χ3n) is 1.01. The van der Waals surface area contributed by atoms with Crippen molar-refractivity contribution in [2.45, 2.75) is 19.6 Å². The second-order valence-electron chi connectivity index (χ2n) is 2.36. The van der Waals surface area contributed by atoms with Crippen LogP contribution in [0.25, 0.3) is 0 Å². The van der Waals surface area contributed by atoms with E-state index in [1.54, 1.807) is 6.26 Å². The molecule has 0 aromatic heterocycles. The third-order valence-corrected chi connectivity index (χ3v) is 1.32. The first kappa shape index (κ1) is 6.81. The van der Waals surface area contributed by atoms with Crippen LogP contribution in [0.5, 0.6) is 0 Å². The second-order valence-corrected chi connectivity index (χ2v) is 2.68. The summed E-state index contributed by atoms with van der Waals surface area (Å²) < 4.78 is 10.4. The monoisotopic (exact) mass is 146 g/mol. The Kier molecular flexibility index (Phi) is 1.62. The lowest BCUT2D eigenvalue weighted by Crippen LogP contribution is -2.20. The van der Waals surface area contributed by atoms with Crippen molar-refractivity contribution in [1.29, 1.82) is 0 Å². The van der Waals surface area contributed by atoms with Gasteiger partial charge in [0.25, 0.3) is 0 Å². The van der Waals surface area contributed by atoms with Crippen LogP contribution in [-0.4, -0.2) is 11.5 Å². The molecule has 0 atom stereocenters. The fourth-order valence-corrected chi connectivity index (χ4v) is 0.780. The van der Waals surface area contributed by atoms with Crippen LogP contribution < -0.4 is 0 Å². The molecule has 0 fully saturated rings. The Morgan fingerprint density at radius 2 is 2.33 bits per heavy atom. The van der Waals surface area contributed by atoms with Crippen molar-refractivity contribution in [2.75, 3.05) is 5.75 Å². The van der Waals surface area contributed by atoms with E-state index in [4.69, 9.17) is 9.47 Å². The molecule has 0 radical (unpaired) electrons. The molecule has 1 heterocycles. The van der Waals surface area contributed by atoms with E-state index >= 15 is 0 Å². The Labute approximate surface area is 60.3 Å². The summed E-state index contributed by atoms with van der Waals surface area (Å²) in [6.07, 6.45) is 1.60. The van der Waals surface area contributed by atoms with Crippen LogP contribution in [0, 0.1) is 0 Å². The van der Waals surface area contributed by atoms with Crippen LogP contribution in [0.3, 0.4) is 0 Å². The topological polar surface area (TPSA) is 18.5 Å². The van der Waals surface area contributed by atoms with Crippen LogP contribution in [-0.2, 0) is 9.47 Å². The maximum atomic E-state index is 5.26. The van der Waals surface area contributed by atoms with Gasteiger partial charge in [-0.1, -0.05) is 0 Å². The third kappa shape index (κ3) is 1.55. The van der Waals surface area contributed by atoms with Gasteiger partial charge in [0, 0.05) is 13.8 Å². The van der Waals surface area contributed by atoms with Gasteiger partial charge in [-0.05, 0) is 0 Å². The minimum absolute atomic E-state index is 0.474. The van der Waals surface area contributed by atoms with Gasteiger partial charge in [-0.25, -0.2) is 0 Å². The minimum atomic E-state index is -0.474. The average molecular weight is 146 g/mol. The van der Waals surface area contributed by atoms with E-state index in [0.29, 0.717) is 5.75 Å².